The van der Waals surface area contributed by atoms with Crippen LogP contribution in [0.2, 0.25) is 5.02 Å². The number of carbonyl (C=O) groups excluding carboxylic acids is 1. The second-order valence-electron chi connectivity index (χ2n) is 7.93. The molecular weight excluding hydrogens is 346 g/mol. The highest BCUT2D eigenvalue weighted by molar-refractivity contribution is 6.30. The third-order valence-electron chi connectivity index (χ3n) is 4.50. The molecule has 140 valence electrons. The van der Waals surface area contributed by atoms with E-state index in [0.717, 1.165) is 11.1 Å². The van der Waals surface area contributed by atoms with Gasteiger partial charge in [-0.15, -0.1) is 0 Å². The van der Waals surface area contributed by atoms with Crippen LogP contribution >= 0.6 is 11.6 Å². The van der Waals surface area contributed by atoms with Crippen molar-refractivity contribution in [3.8, 4) is 5.75 Å². The first-order chi connectivity index (χ1) is 12.1. The summed E-state index contributed by atoms with van der Waals surface area (Å²) in [5.74, 6) is 0.486. The molecule has 0 saturated carbocycles. The number of hydrogen-bond acceptors (Lipinski definition) is 2. The molecule has 0 radical (unpaired) electrons. The largest absolute Gasteiger partial charge is 0.495 e. The van der Waals surface area contributed by atoms with Crippen molar-refractivity contribution in [2.45, 2.75) is 46.0 Å². The molecule has 0 aliphatic carbocycles. The lowest BCUT2D eigenvalue weighted by atomic mass is 9.86. The van der Waals surface area contributed by atoms with E-state index in [1.807, 2.05) is 56.3 Å². The summed E-state index contributed by atoms with van der Waals surface area (Å²) >= 11 is 5.99. The highest BCUT2D eigenvalue weighted by Crippen LogP contribution is 2.33. The van der Waals surface area contributed by atoms with Crippen molar-refractivity contribution in [3.05, 3.63) is 58.6 Å². The minimum Gasteiger partial charge on any atom is -0.495 e. The van der Waals surface area contributed by atoms with Crippen LogP contribution in [0.3, 0.4) is 0 Å². The molecule has 0 saturated heterocycles. The quantitative estimate of drug-likeness (QED) is 0.695. The molecular formula is C22H28ClNO2. The normalized spacial score (nSPS) is 12.8. The van der Waals surface area contributed by atoms with Crippen LogP contribution in [0.1, 0.15) is 51.7 Å². The average Bonchev–Trinajstić information content (AvgIpc) is 2.55. The van der Waals surface area contributed by atoms with E-state index in [-0.39, 0.29) is 23.2 Å². The highest BCUT2D eigenvalue weighted by Gasteiger charge is 2.25. The van der Waals surface area contributed by atoms with Gasteiger partial charge in [0.15, 0.2) is 0 Å². The summed E-state index contributed by atoms with van der Waals surface area (Å²) in [5.41, 5.74) is 2.78. The number of benzene rings is 2. The standard InChI is InChI=1S/C22H28ClNO2/c1-14(2)20(15-7-10-17(23)11-8-15)21(25)24-18-13-16(22(3,4)5)9-12-19(18)26-6/h7-14,20H,1-6H3,(H,24,25)/t20-/m1/s1. The first-order valence-corrected chi connectivity index (χ1v) is 9.26. The summed E-state index contributed by atoms with van der Waals surface area (Å²) in [6.07, 6.45) is 0. The zero-order valence-electron chi connectivity index (χ0n) is 16.4. The van der Waals surface area contributed by atoms with Crippen LogP contribution in [0.15, 0.2) is 42.5 Å². The molecule has 4 heteroatoms. The fourth-order valence-electron chi connectivity index (χ4n) is 2.99. The van der Waals surface area contributed by atoms with E-state index in [1.54, 1.807) is 7.11 Å². The summed E-state index contributed by atoms with van der Waals surface area (Å²) in [7, 11) is 1.61. The smallest absolute Gasteiger partial charge is 0.232 e. The number of hydrogen-bond donors (Lipinski definition) is 1. The summed E-state index contributed by atoms with van der Waals surface area (Å²) in [4.78, 5) is 13.1. The van der Waals surface area contributed by atoms with Crippen molar-refractivity contribution in [1.82, 2.24) is 0 Å². The summed E-state index contributed by atoms with van der Waals surface area (Å²) in [6.45, 7) is 10.5. The Kier molecular flexibility index (Phi) is 6.35. The van der Waals surface area contributed by atoms with E-state index >= 15 is 0 Å². The average molecular weight is 374 g/mol. The van der Waals surface area contributed by atoms with E-state index in [1.165, 1.54) is 0 Å². The van der Waals surface area contributed by atoms with Gasteiger partial charge in [0, 0.05) is 5.02 Å². The topological polar surface area (TPSA) is 38.3 Å². The van der Waals surface area contributed by atoms with E-state index in [0.29, 0.717) is 16.5 Å². The second-order valence-corrected chi connectivity index (χ2v) is 8.36. The Balaban J connectivity index is 2.35. The maximum atomic E-state index is 13.1. The van der Waals surface area contributed by atoms with Crippen LogP contribution in [-0.2, 0) is 10.2 Å². The van der Waals surface area contributed by atoms with Gasteiger partial charge in [-0.25, -0.2) is 0 Å². The van der Waals surface area contributed by atoms with E-state index in [4.69, 9.17) is 16.3 Å². The maximum absolute atomic E-state index is 13.1. The van der Waals surface area contributed by atoms with Gasteiger partial charge in [-0.1, -0.05) is 64.4 Å². The Morgan fingerprint density at radius 1 is 1.08 bits per heavy atom. The number of anilines is 1. The molecule has 2 aromatic carbocycles. The maximum Gasteiger partial charge on any atom is 0.232 e. The molecule has 0 aromatic heterocycles. The van der Waals surface area contributed by atoms with Gasteiger partial charge in [-0.3, -0.25) is 4.79 Å². The van der Waals surface area contributed by atoms with E-state index < -0.39 is 0 Å². The van der Waals surface area contributed by atoms with Gasteiger partial charge in [0.1, 0.15) is 5.75 Å². The summed E-state index contributed by atoms with van der Waals surface area (Å²) < 4.78 is 5.44. The Hall–Kier alpha value is -2.00. The molecule has 0 bridgehead atoms. The predicted molar refractivity (Wildman–Crippen MR) is 109 cm³/mol. The SMILES string of the molecule is COc1ccc(C(C)(C)C)cc1NC(=O)[C@@H](c1ccc(Cl)cc1)C(C)C. The van der Waals surface area contributed by atoms with Gasteiger partial charge in [0.05, 0.1) is 18.7 Å². The first kappa shape index (κ1) is 20.3. The van der Waals surface area contributed by atoms with Crippen molar-refractivity contribution in [1.29, 1.82) is 0 Å². The van der Waals surface area contributed by atoms with Gasteiger partial charge < -0.3 is 10.1 Å². The molecule has 1 atom stereocenters. The van der Waals surface area contributed by atoms with Crippen LogP contribution in [0.5, 0.6) is 5.75 Å². The Labute approximate surface area is 161 Å². The number of methoxy groups -OCH3 is 1. The number of carbonyl (C=O) groups is 1. The number of nitrogens with one attached hydrogen (secondary N) is 1. The van der Waals surface area contributed by atoms with E-state index in [2.05, 4.69) is 26.1 Å². The second kappa shape index (κ2) is 8.13. The zero-order valence-corrected chi connectivity index (χ0v) is 17.1. The van der Waals surface area contributed by atoms with Crippen LogP contribution in [-0.4, -0.2) is 13.0 Å². The van der Waals surface area contributed by atoms with Crippen molar-refractivity contribution < 1.29 is 9.53 Å². The molecule has 1 N–H and O–H groups in total. The third-order valence-corrected chi connectivity index (χ3v) is 4.75. The van der Waals surface area contributed by atoms with Crippen molar-refractivity contribution in [2.24, 2.45) is 5.92 Å². The third kappa shape index (κ3) is 4.79. The van der Waals surface area contributed by atoms with Gasteiger partial charge in [-0.2, -0.15) is 0 Å². The Morgan fingerprint density at radius 3 is 2.19 bits per heavy atom. The Morgan fingerprint density at radius 2 is 1.69 bits per heavy atom. The van der Waals surface area contributed by atoms with Crippen molar-refractivity contribution >= 4 is 23.2 Å². The molecule has 2 aromatic rings. The fraction of sp³-hybridized carbons (Fsp3) is 0.409. The highest BCUT2D eigenvalue weighted by atomic mass is 35.5. The molecule has 1 amide bonds. The van der Waals surface area contributed by atoms with Gasteiger partial charge in [-0.05, 0) is 46.7 Å². The van der Waals surface area contributed by atoms with Gasteiger partial charge in [0.25, 0.3) is 0 Å². The molecule has 0 aliphatic rings. The predicted octanol–water partition coefficient (Wildman–Crippen LogP) is 6.02. The number of rotatable bonds is 5. The van der Waals surface area contributed by atoms with E-state index in [9.17, 15) is 4.79 Å². The molecule has 2 rings (SSSR count). The number of amides is 1. The molecule has 26 heavy (non-hydrogen) atoms. The first-order valence-electron chi connectivity index (χ1n) is 8.88. The zero-order chi connectivity index (χ0) is 19.5. The Bertz CT molecular complexity index is 761. The lowest BCUT2D eigenvalue weighted by Crippen LogP contribution is -2.25. The lowest BCUT2D eigenvalue weighted by molar-refractivity contribution is -0.118. The fourth-order valence-corrected chi connectivity index (χ4v) is 3.12. The van der Waals surface area contributed by atoms with Crippen molar-refractivity contribution in [3.63, 3.8) is 0 Å². The van der Waals surface area contributed by atoms with Crippen LogP contribution < -0.4 is 10.1 Å². The van der Waals surface area contributed by atoms with Crippen molar-refractivity contribution in [2.75, 3.05) is 12.4 Å². The molecule has 3 nitrogen and oxygen atoms in total. The molecule has 0 heterocycles. The molecule has 0 spiro atoms. The lowest BCUT2D eigenvalue weighted by Gasteiger charge is -2.24. The van der Waals surface area contributed by atoms with Gasteiger partial charge in [0.2, 0.25) is 5.91 Å². The summed E-state index contributed by atoms with van der Waals surface area (Å²) in [5, 5.41) is 3.73. The number of ether oxygens (including phenoxy) is 1. The monoisotopic (exact) mass is 373 g/mol. The molecule has 0 aliphatic heterocycles. The minimum atomic E-state index is -0.268. The number of halogens is 1. The molecule has 0 fully saturated rings. The van der Waals surface area contributed by atoms with Gasteiger partial charge >= 0.3 is 0 Å². The minimum absolute atomic E-state index is 0.0145. The van der Waals surface area contributed by atoms with Crippen LogP contribution in [0.25, 0.3) is 0 Å². The summed E-state index contributed by atoms with van der Waals surface area (Å²) in [6, 6.07) is 13.4. The van der Waals surface area contributed by atoms with Crippen LogP contribution in [0, 0.1) is 5.92 Å². The van der Waals surface area contributed by atoms with Crippen LogP contribution in [0.4, 0.5) is 5.69 Å². The molecule has 0 unspecified atom stereocenters.